The highest BCUT2D eigenvalue weighted by molar-refractivity contribution is 7.92. The Morgan fingerprint density at radius 2 is 1.68 bits per heavy atom. The molecule has 0 aliphatic carbocycles. The van der Waals surface area contributed by atoms with Gasteiger partial charge in [-0.25, -0.2) is 13.0 Å². The first-order chi connectivity index (χ1) is 16.0. The van der Waals surface area contributed by atoms with Gasteiger partial charge in [-0.2, -0.15) is 0 Å². The van der Waals surface area contributed by atoms with Crippen LogP contribution >= 0.6 is 7.82 Å². The monoisotopic (exact) mass is 513 g/mol. The third-order valence-electron chi connectivity index (χ3n) is 5.02. The van der Waals surface area contributed by atoms with Gasteiger partial charge in [0, 0.05) is 44.0 Å². The van der Waals surface area contributed by atoms with Crippen LogP contribution in [0.2, 0.25) is 0 Å². The summed E-state index contributed by atoms with van der Waals surface area (Å²) < 4.78 is 46.9. The van der Waals surface area contributed by atoms with E-state index in [1.807, 2.05) is 11.0 Å². The molecule has 34 heavy (non-hydrogen) atoms. The molecule has 1 saturated heterocycles. The highest BCUT2D eigenvalue weighted by Gasteiger charge is 2.28. The van der Waals surface area contributed by atoms with Gasteiger partial charge < -0.3 is 19.4 Å². The van der Waals surface area contributed by atoms with E-state index in [-0.39, 0.29) is 19.1 Å². The van der Waals surface area contributed by atoms with Gasteiger partial charge in [-0.3, -0.25) is 18.9 Å². The molecule has 1 heterocycles. The number of ether oxygens (including phenoxy) is 1. The molecule has 0 radical (unpaired) electrons. The number of piperazine rings is 1. The Balaban J connectivity index is 1.53. The number of carbonyl (C=O) groups is 1. The minimum Gasteiger partial charge on any atom is -0.491 e. The first-order valence-electron chi connectivity index (χ1n) is 10.5. The molecule has 0 spiro atoms. The van der Waals surface area contributed by atoms with Crippen molar-refractivity contribution in [2.24, 2.45) is 0 Å². The number of sulfonamides is 1. The lowest BCUT2D eigenvalue weighted by Crippen LogP contribution is -2.51. The first-order valence-corrected chi connectivity index (χ1v) is 13.9. The maximum Gasteiger partial charge on any atom is 0.470 e. The molecule has 2 aromatic rings. The predicted molar refractivity (Wildman–Crippen MR) is 126 cm³/mol. The maximum absolute atomic E-state index is 12.8. The van der Waals surface area contributed by atoms with E-state index in [2.05, 4.69) is 4.72 Å². The highest BCUT2D eigenvalue weighted by atomic mass is 32.2. The number of amides is 1. The lowest BCUT2D eigenvalue weighted by atomic mass is 10.1. The van der Waals surface area contributed by atoms with Crippen molar-refractivity contribution in [2.75, 3.05) is 50.3 Å². The SMILES string of the molecule is CS(=O)(=O)Nc1ccc(C(=O)N2CCN(CC(COc3ccccc3)OP(=O)(O)O)CC2)cc1. The zero-order valence-corrected chi connectivity index (χ0v) is 20.3. The van der Waals surface area contributed by atoms with Crippen molar-refractivity contribution in [1.82, 2.24) is 9.80 Å². The van der Waals surface area contributed by atoms with Gasteiger partial charge in [0.25, 0.3) is 5.91 Å². The van der Waals surface area contributed by atoms with Crippen LogP contribution < -0.4 is 9.46 Å². The van der Waals surface area contributed by atoms with Crippen LogP contribution in [0.5, 0.6) is 5.75 Å². The fourth-order valence-electron chi connectivity index (χ4n) is 3.52. The summed E-state index contributed by atoms with van der Waals surface area (Å²) in [6.45, 7) is 2.01. The molecule has 1 atom stereocenters. The number of benzene rings is 2. The predicted octanol–water partition coefficient (Wildman–Crippen LogP) is 1.37. The van der Waals surface area contributed by atoms with Gasteiger partial charge in [-0.15, -0.1) is 0 Å². The summed E-state index contributed by atoms with van der Waals surface area (Å²) in [5.74, 6) is 0.385. The van der Waals surface area contributed by atoms with E-state index >= 15 is 0 Å². The van der Waals surface area contributed by atoms with E-state index in [0.29, 0.717) is 43.2 Å². The van der Waals surface area contributed by atoms with Crippen LogP contribution in [0.4, 0.5) is 5.69 Å². The number of hydrogen-bond acceptors (Lipinski definition) is 7. The van der Waals surface area contributed by atoms with Crippen molar-refractivity contribution in [3.05, 3.63) is 60.2 Å². The third-order valence-corrected chi connectivity index (χ3v) is 6.20. The van der Waals surface area contributed by atoms with Gasteiger partial charge in [0.15, 0.2) is 0 Å². The van der Waals surface area contributed by atoms with Crippen LogP contribution in [0.25, 0.3) is 0 Å². The molecule has 1 amide bonds. The average molecular weight is 514 g/mol. The molecule has 0 saturated carbocycles. The number of phosphoric ester groups is 1. The number of para-hydroxylation sites is 1. The molecule has 2 aromatic carbocycles. The van der Waals surface area contributed by atoms with Gasteiger partial charge >= 0.3 is 7.82 Å². The lowest BCUT2D eigenvalue weighted by Gasteiger charge is -2.36. The Bertz CT molecular complexity index is 1100. The minimum absolute atomic E-state index is 0.0396. The quantitative estimate of drug-likeness (QED) is 0.401. The summed E-state index contributed by atoms with van der Waals surface area (Å²) in [6.07, 6.45) is 0.188. The topological polar surface area (TPSA) is 146 Å². The molecular weight excluding hydrogens is 485 g/mol. The normalized spacial score (nSPS) is 16.1. The van der Waals surface area contributed by atoms with E-state index in [1.165, 1.54) is 12.1 Å². The second-order valence-corrected chi connectivity index (χ2v) is 10.8. The van der Waals surface area contributed by atoms with Crippen LogP contribution in [0.15, 0.2) is 54.6 Å². The number of carbonyl (C=O) groups excluding carboxylic acids is 1. The first kappa shape index (κ1) is 26.1. The zero-order chi connectivity index (χ0) is 24.8. The summed E-state index contributed by atoms with van der Waals surface area (Å²) in [5, 5.41) is 0. The maximum atomic E-state index is 12.8. The molecule has 1 aliphatic heterocycles. The summed E-state index contributed by atoms with van der Waals surface area (Å²) in [4.78, 5) is 34.9. The van der Waals surface area contributed by atoms with Crippen LogP contribution in [0.1, 0.15) is 10.4 Å². The van der Waals surface area contributed by atoms with Crippen LogP contribution in [0.3, 0.4) is 0 Å². The van der Waals surface area contributed by atoms with Crippen molar-refractivity contribution in [3.63, 3.8) is 0 Å². The van der Waals surface area contributed by atoms with Crippen LogP contribution in [-0.2, 0) is 19.1 Å². The van der Waals surface area contributed by atoms with E-state index in [0.717, 1.165) is 6.26 Å². The van der Waals surface area contributed by atoms with E-state index in [9.17, 15) is 27.6 Å². The molecule has 0 aromatic heterocycles. The smallest absolute Gasteiger partial charge is 0.470 e. The molecule has 1 fully saturated rings. The summed E-state index contributed by atoms with van der Waals surface area (Å²) in [6, 6.07) is 15.1. The Labute approximate surface area is 198 Å². The third kappa shape index (κ3) is 8.71. The van der Waals surface area contributed by atoms with Gasteiger partial charge in [0.2, 0.25) is 10.0 Å². The Morgan fingerprint density at radius 3 is 2.24 bits per heavy atom. The molecule has 13 heteroatoms. The Kier molecular flexibility index (Phi) is 8.69. The fraction of sp³-hybridized carbons (Fsp3) is 0.381. The molecule has 3 rings (SSSR count). The zero-order valence-electron chi connectivity index (χ0n) is 18.6. The highest BCUT2D eigenvalue weighted by Crippen LogP contribution is 2.38. The van der Waals surface area contributed by atoms with E-state index in [4.69, 9.17) is 9.26 Å². The van der Waals surface area contributed by atoms with Gasteiger partial charge in [-0.05, 0) is 36.4 Å². The van der Waals surface area contributed by atoms with Crippen LogP contribution in [0, 0.1) is 0 Å². The Hall–Kier alpha value is -2.47. The van der Waals surface area contributed by atoms with Crippen molar-refractivity contribution in [2.45, 2.75) is 6.10 Å². The number of nitrogens with one attached hydrogen (secondary N) is 1. The number of anilines is 1. The molecule has 186 valence electrons. The molecule has 1 unspecified atom stereocenters. The van der Waals surface area contributed by atoms with Gasteiger partial charge in [0.05, 0.1) is 6.26 Å². The van der Waals surface area contributed by atoms with Crippen molar-refractivity contribution in [1.29, 1.82) is 0 Å². The number of hydrogen-bond donors (Lipinski definition) is 3. The molecule has 0 bridgehead atoms. The second-order valence-electron chi connectivity index (χ2n) is 7.89. The standard InChI is InChI=1S/C21H28N3O8PS/c1-34(29,30)22-18-9-7-17(8-10-18)21(25)24-13-11-23(12-14-24)15-20(32-33(26,27)28)16-31-19-5-3-2-4-6-19/h2-10,20,22H,11-16H2,1H3,(H2,26,27,28). The summed E-state index contributed by atoms with van der Waals surface area (Å²) >= 11 is 0. The largest absolute Gasteiger partial charge is 0.491 e. The number of phosphoric acid groups is 1. The Morgan fingerprint density at radius 1 is 1.06 bits per heavy atom. The summed E-state index contributed by atoms with van der Waals surface area (Å²) in [7, 11) is -8.11. The van der Waals surface area contributed by atoms with Gasteiger partial charge in [0.1, 0.15) is 18.5 Å². The van der Waals surface area contributed by atoms with Crippen LogP contribution in [-0.4, -0.2) is 85.6 Å². The fourth-order valence-corrected chi connectivity index (χ4v) is 4.60. The van der Waals surface area contributed by atoms with E-state index in [1.54, 1.807) is 41.3 Å². The summed E-state index contributed by atoms with van der Waals surface area (Å²) in [5.41, 5.74) is 0.809. The van der Waals surface area contributed by atoms with E-state index < -0.39 is 23.9 Å². The van der Waals surface area contributed by atoms with Crippen molar-refractivity contribution >= 4 is 29.4 Å². The molecule has 1 aliphatic rings. The second kappa shape index (κ2) is 11.3. The minimum atomic E-state index is -4.71. The van der Waals surface area contributed by atoms with Gasteiger partial charge in [-0.1, -0.05) is 18.2 Å². The molecule has 11 nitrogen and oxygen atoms in total. The lowest BCUT2D eigenvalue weighted by molar-refractivity contribution is 0.0377. The van der Waals surface area contributed by atoms with Crippen molar-refractivity contribution in [3.8, 4) is 5.75 Å². The van der Waals surface area contributed by atoms with Crippen molar-refractivity contribution < 1.29 is 36.8 Å². The average Bonchev–Trinajstić information content (AvgIpc) is 2.77. The number of nitrogens with zero attached hydrogens (tertiary/aromatic N) is 2. The molecular formula is C21H28N3O8PS. The number of rotatable bonds is 10. The molecule has 3 N–H and O–H groups in total.